The van der Waals surface area contributed by atoms with Crippen LogP contribution in [0.15, 0.2) is 80.4 Å². The summed E-state index contributed by atoms with van der Waals surface area (Å²) < 4.78 is 45.2. The molecule has 2 aromatic heterocycles. The van der Waals surface area contributed by atoms with Crippen LogP contribution in [-0.4, -0.2) is 13.4 Å². The molecule has 29 heavy (non-hydrogen) atoms. The lowest BCUT2D eigenvalue weighted by Gasteiger charge is -2.06. The van der Waals surface area contributed by atoms with E-state index in [2.05, 4.69) is 10.3 Å². The summed E-state index contributed by atoms with van der Waals surface area (Å²) in [5, 5.41) is 5.02. The van der Waals surface area contributed by atoms with Crippen molar-refractivity contribution in [2.45, 2.75) is 16.5 Å². The Kier molecular flexibility index (Phi) is 5.40. The molecular weight excluding hydrogens is 435 g/mol. The van der Waals surface area contributed by atoms with E-state index >= 15 is 0 Å². The summed E-state index contributed by atoms with van der Waals surface area (Å²) in [5.74, 6) is -0.124. The average molecular weight is 449 g/mol. The third-order valence-electron chi connectivity index (χ3n) is 4.07. The van der Waals surface area contributed by atoms with E-state index in [1.54, 1.807) is 18.2 Å². The SMILES string of the molecule is O=S(=O)(c1ccc(Cl)cc1)c1nc(-c2cccs2)oc1NCc1ccc(F)cc1. The van der Waals surface area contributed by atoms with Gasteiger partial charge in [-0.1, -0.05) is 29.8 Å². The molecule has 2 heterocycles. The molecule has 0 aliphatic rings. The van der Waals surface area contributed by atoms with E-state index in [9.17, 15) is 12.8 Å². The molecule has 4 rings (SSSR count). The zero-order valence-corrected chi connectivity index (χ0v) is 17.2. The van der Waals surface area contributed by atoms with E-state index in [-0.39, 0.29) is 34.1 Å². The number of hydrogen-bond donors (Lipinski definition) is 1. The summed E-state index contributed by atoms with van der Waals surface area (Å²) in [4.78, 5) is 5.00. The van der Waals surface area contributed by atoms with Crippen molar-refractivity contribution in [3.8, 4) is 10.8 Å². The van der Waals surface area contributed by atoms with Crippen LogP contribution in [0.1, 0.15) is 5.56 Å². The van der Waals surface area contributed by atoms with Gasteiger partial charge in [-0.2, -0.15) is 4.98 Å². The maximum atomic E-state index is 13.2. The molecule has 0 atom stereocenters. The van der Waals surface area contributed by atoms with Gasteiger partial charge in [-0.3, -0.25) is 0 Å². The van der Waals surface area contributed by atoms with Gasteiger partial charge in [0.2, 0.25) is 26.6 Å². The van der Waals surface area contributed by atoms with Crippen LogP contribution in [0.3, 0.4) is 0 Å². The third kappa shape index (κ3) is 4.19. The first-order valence-corrected chi connectivity index (χ1v) is 11.2. The first-order chi connectivity index (χ1) is 13.9. The molecule has 0 aliphatic carbocycles. The fourth-order valence-corrected chi connectivity index (χ4v) is 4.67. The molecule has 0 saturated heterocycles. The largest absolute Gasteiger partial charge is 0.418 e. The second-order valence-electron chi connectivity index (χ2n) is 6.07. The maximum absolute atomic E-state index is 13.2. The molecule has 9 heteroatoms. The van der Waals surface area contributed by atoms with Gasteiger partial charge in [-0.05, 0) is 53.4 Å². The predicted octanol–water partition coefficient (Wildman–Crippen LogP) is 5.64. The number of aromatic nitrogens is 1. The topological polar surface area (TPSA) is 72.2 Å². The van der Waals surface area contributed by atoms with Crippen LogP contribution >= 0.6 is 22.9 Å². The van der Waals surface area contributed by atoms with Crippen LogP contribution in [0.5, 0.6) is 0 Å². The molecule has 0 aliphatic heterocycles. The lowest BCUT2D eigenvalue weighted by molar-refractivity contribution is 0.577. The van der Waals surface area contributed by atoms with Crippen LogP contribution in [0.2, 0.25) is 5.02 Å². The zero-order valence-electron chi connectivity index (χ0n) is 14.8. The molecule has 4 aromatic rings. The second kappa shape index (κ2) is 7.98. The highest BCUT2D eigenvalue weighted by molar-refractivity contribution is 7.91. The van der Waals surface area contributed by atoms with Gasteiger partial charge in [0.1, 0.15) is 5.82 Å². The highest BCUT2D eigenvalue weighted by Gasteiger charge is 2.28. The summed E-state index contributed by atoms with van der Waals surface area (Å²) >= 11 is 7.26. The summed E-state index contributed by atoms with van der Waals surface area (Å²) in [6.45, 7) is 0.239. The van der Waals surface area contributed by atoms with Crippen LogP contribution in [0.4, 0.5) is 10.3 Å². The zero-order chi connectivity index (χ0) is 20.4. The number of thiophene rings is 1. The van der Waals surface area contributed by atoms with E-state index in [4.69, 9.17) is 16.0 Å². The van der Waals surface area contributed by atoms with Crippen molar-refractivity contribution in [3.63, 3.8) is 0 Å². The van der Waals surface area contributed by atoms with E-state index < -0.39 is 9.84 Å². The smallest absolute Gasteiger partial charge is 0.240 e. The van der Waals surface area contributed by atoms with Gasteiger partial charge in [0.25, 0.3) is 0 Å². The van der Waals surface area contributed by atoms with Crippen LogP contribution in [0, 0.1) is 5.82 Å². The minimum absolute atomic E-state index is 0.0210. The molecule has 0 radical (unpaired) electrons. The molecule has 0 amide bonds. The van der Waals surface area contributed by atoms with E-state index in [1.807, 2.05) is 11.4 Å². The minimum Gasteiger partial charge on any atom is -0.418 e. The van der Waals surface area contributed by atoms with Crippen molar-refractivity contribution < 1.29 is 17.2 Å². The first-order valence-electron chi connectivity index (χ1n) is 8.47. The molecule has 0 spiro atoms. The molecule has 1 N–H and O–H groups in total. The van der Waals surface area contributed by atoms with Crippen molar-refractivity contribution in [1.82, 2.24) is 4.98 Å². The molecule has 0 bridgehead atoms. The Morgan fingerprint density at radius 1 is 1.07 bits per heavy atom. The highest BCUT2D eigenvalue weighted by Crippen LogP contribution is 2.34. The van der Waals surface area contributed by atoms with Crippen molar-refractivity contribution >= 4 is 38.7 Å². The molecule has 5 nitrogen and oxygen atoms in total. The van der Waals surface area contributed by atoms with Gasteiger partial charge >= 0.3 is 0 Å². The predicted molar refractivity (Wildman–Crippen MR) is 110 cm³/mol. The lowest BCUT2D eigenvalue weighted by Crippen LogP contribution is -2.07. The molecule has 148 valence electrons. The molecular formula is C20H14ClFN2O3S2. The Labute approximate surface area is 175 Å². The van der Waals surface area contributed by atoms with Crippen molar-refractivity contribution in [2.24, 2.45) is 0 Å². The van der Waals surface area contributed by atoms with Gasteiger partial charge in [0, 0.05) is 11.6 Å². The summed E-state index contributed by atoms with van der Waals surface area (Å²) in [5.41, 5.74) is 0.760. The number of nitrogens with one attached hydrogen (secondary N) is 1. The summed E-state index contributed by atoms with van der Waals surface area (Å²) in [7, 11) is -3.95. The van der Waals surface area contributed by atoms with Crippen molar-refractivity contribution in [2.75, 3.05) is 5.32 Å². The number of hydrogen-bond acceptors (Lipinski definition) is 6. The normalized spacial score (nSPS) is 11.5. The number of benzene rings is 2. The summed E-state index contributed by atoms with van der Waals surface area (Å²) in [6.07, 6.45) is 0. The Morgan fingerprint density at radius 3 is 2.45 bits per heavy atom. The fourth-order valence-electron chi connectivity index (χ4n) is 2.62. The van der Waals surface area contributed by atoms with E-state index in [0.29, 0.717) is 9.90 Å². The number of rotatable bonds is 6. The molecule has 2 aromatic carbocycles. The van der Waals surface area contributed by atoms with Crippen molar-refractivity contribution in [1.29, 1.82) is 0 Å². The van der Waals surface area contributed by atoms with Gasteiger partial charge in [0.05, 0.1) is 9.77 Å². The molecule has 0 unspecified atom stereocenters. The Bertz CT molecular complexity index is 1220. The number of oxazole rings is 1. The van der Waals surface area contributed by atoms with Gasteiger partial charge in [-0.15, -0.1) is 11.3 Å². The Morgan fingerprint density at radius 2 is 1.79 bits per heavy atom. The second-order valence-corrected chi connectivity index (χ2v) is 9.32. The van der Waals surface area contributed by atoms with Crippen LogP contribution in [0.25, 0.3) is 10.8 Å². The van der Waals surface area contributed by atoms with Gasteiger partial charge in [0.15, 0.2) is 0 Å². The number of halogens is 2. The Hall–Kier alpha value is -2.68. The lowest BCUT2D eigenvalue weighted by atomic mass is 10.2. The summed E-state index contributed by atoms with van der Waals surface area (Å²) in [6, 6.07) is 15.3. The minimum atomic E-state index is -3.95. The van der Waals surface area contributed by atoms with Gasteiger partial charge < -0.3 is 9.73 Å². The Balaban J connectivity index is 1.73. The van der Waals surface area contributed by atoms with Gasteiger partial charge in [-0.25, -0.2) is 12.8 Å². The van der Waals surface area contributed by atoms with E-state index in [1.165, 1.54) is 47.7 Å². The van der Waals surface area contributed by atoms with Crippen molar-refractivity contribution in [3.05, 3.63) is 82.4 Å². The first kappa shape index (κ1) is 19.6. The number of sulfone groups is 1. The van der Waals surface area contributed by atoms with Crippen LogP contribution in [-0.2, 0) is 16.4 Å². The van der Waals surface area contributed by atoms with Crippen LogP contribution < -0.4 is 5.32 Å². The highest BCUT2D eigenvalue weighted by atomic mass is 35.5. The third-order valence-corrected chi connectivity index (χ3v) is 6.86. The molecule has 0 fully saturated rings. The maximum Gasteiger partial charge on any atom is 0.240 e. The number of nitrogens with zero attached hydrogens (tertiary/aromatic N) is 1. The number of anilines is 1. The fraction of sp³-hybridized carbons (Fsp3) is 0.0500. The monoisotopic (exact) mass is 448 g/mol. The van der Waals surface area contributed by atoms with E-state index in [0.717, 1.165) is 5.56 Å². The standard InChI is InChI=1S/C20H14ClFN2O3S2/c21-14-5-9-16(10-6-14)29(25,26)20-19(23-12-13-3-7-15(22)8-4-13)27-18(24-20)17-2-1-11-28-17/h1-11,23H,12H2. The molecule has 0 saturated carbocycles. The average Bonchev–Trinajstić information content (AvgIpc) is 3.38. The quantitative estimate of drug-likeness (QED) is 0.413.